The number of likely N-dealkylation sites (tertiary alicyclic amines) is 1. The number of methoxy groups -OCH3 is 2. The fraction of sp³-hybridized carbons (Fsp3) is 0.500. The van der Waals surface area contributed by atoms with Gasteiger partial charge in [-0.15, -0.1) is 0 Å². The van der Waals surface area contributed by atoms with Crippen molar-refractivity contribution in [2.75, 3.05) is 27.3 Å². The molecule has 1 atom stereocenters. The summed E-state index contributed by atoms with van der Waals surface area (Å²) in [6, 6.07) is 6.02. The molecule has 24 heavy (non-hydrogen) atoms. The van der Waals surface area contributed by atoms with Crippen molar-refractivity contribution in [3.63, 3.8) is 0 Å². The molecule has 1 aromatic carbocycles. The largest absolute Gasteiger partial charge is 0.497 e. The lowest BCUT2D eigenvalue weighted by molar-refractivity contribution is 0.324. The van der Waals surface area contributed by atoms with Crippen LogP contribution in [-0.2, 0) is 13.6 Å². The van der Waals surface area contributed by atoms with Gasteiger partial charge in [0.25, 0.3) is 0 Å². The van der Waals surface area contributed by atoms with Crippen molar-refractivity contribution in [2.45, 2.75) is 25.8 Å². The molecule has 0 radical (unpaired) electrons. The van der Waals surface area contributed by atoms with E-state index in [4.69, 9.17) is 21.1 Å². The lowest BCUT2D eigenvalue weighted by Crippen LogP contribution is -2.20. The van der Waals surface area contributed by atoms with E-state index >= 15 is 0 Å². The summed E-state index contributed by atoms with van der Waals surface area (Å²) in [7, 11) is 5.29. The summed E-state index contributed by atoms with van der Waals surface area (Å²) in [6.07, 6.45) is 1.10. The molecule has 2 aromatic rings. The van der Waals surface area contributed by atoms with E-state index < -0.39 is 0 Å². The maximum Gasteiger partial charge on any atom is 0.131 e. The van der Waals surface area contributed by atoms with Gasteiger partial charge in [-0.05, 0) is 38.1 Å². The molecule has 0 spiro atoms. The van der Waals surface area contributed by atoms with E-state index in [0.717, 1.165) is 54.0 Å². The number of aryl methyl sites for hydroxylation is 2. The SMILES string of the molecule is COc1ccc(OC)c(C2CCN(Cc3c(C)nn(C)c3Cl)C2)c1. The first kappa shape index (κ1) is 17.1. The first-order chi connectivity index (χ1) is 11.5. The van der Waals surface area contributed by atoms with Crippen LogP contribution in [0.25, 0.3) is 0 Å². The van der Waals surface area contributed by atoms with Crippen LogP contribution in [0, 0.1) is 6.92 Å². The molecule has 1 fully saturated rings. The highest BCUT2D eigenvalue weighted by atomic mass is 35.5. The van der Waals surface area contributed by atoms with Gasteiger partial charge in [0.1, 0.15) is 16.7 Å². The zero-order chi connectivity index (χ0) is 17.3. The smallest absolute Gasteiger partial charge is 0.131 e. The minimum absolute atomic E-state index is 0.436. The number of hydrogen-bond donors (Lipinski definition) is 0. The third-order valence-electron chi connectivity index (χ3n) is 4.80. The van der Waals surface area contributed by atoms with Crippen LogP contribution in [0.15, 0.2) is 18.2 Å². The standard InChI is InChI=1S/C18H24ClN3O2/c1-12-16(18(19)21(2)20-12)11-22-8-7-13(10-22)15-9-14(23-3)5-6-17(15)24-4/h5-6,9,13H,7-8,10-11H2,1-4H3. The Bertz CT molecular complexity index is 729. The first-order valence-electron chi connectivity index (χ1n) is 8.15. The Labute approximate surface area is 148 Å². The Morgan fingerprint density at radius 2 is 2.08 bits per heavy atom. The summed E-state index contributed by atoms with van der Waals surface area (Å²) in [5.41, 5.74) is 3.34. The number of benzene rings is 1. The van der Waals surface area contributed by atoms with Crippen molar-refractivity contribution >= 4 is 11.6 Å². The van der Waals surface area contributed by atoms with Gasteiger partial charge in [0.2, 0.25) is 0 Å². The van der Waals surface area contributed by atoms with Gasteiger partial charge >= 0.3 is 0 Å². The Kier molecular flexibility index (Phi) is 5.01. The van der Waals surface area contributed by atoms with Crippen molar-refractivity contribution in [1.29, 1.82) is 0 Å². The van der Waals surface area contributed by atoms with Crippen molar-refractivity contribution in [3.8, 4) is 11.5 Å². The molecule has 0 saturated carbocycles. The van der Waals surface area contributed by atoms with Gasteiger partial charge in [-0.1, -0.05) is 11.6 Å². The van der Waals surface area contributed by atoms with Crippen LogP contribution in [0.1, 0.15) is 29.2 Å². The van der Waals surface area contributed by atoms with Crippen LogP contribution in [0.5, 0.6) is 11.5 Å². The number of hydrogen-bond acceptors (Lipinski definition) is 4. The van der Waals surface area contributed by atoms with E-state index in [-0.39, 0.29) is 0 Å². The zero-order valence-electron chi connectivity index (χ0n) is 14.7. The molecule has 0 amide bonds. The van der Waals surface area contributed by atoms with Crippen LogP contribution < -0.4 is 9.47 Å². The van der Waals surface area contributed by atoms with Crippen LogP contribution in [0.2, 0.25) is 5.15 Å². The third-order valence-corrected chi connectivity index (χ3v) is 5.27. The van der Waals surface area contributed by atoms with Gasteiger partial charge in [-0.3, -0.25) is 9.58 Å². The predicted molar refractivity (Wildman–Crippen MR) is 95.1 cm³/mol. The van der Waals surface area contributed by atoms with E-state index in [2.05, 4.69) is 16.1 Å². The molecule has 2 heterocycles. The van der Waals surface area contributed by atoms with E-state index in [0.29, 0.717) is 5.92 Å². The highest BCUT2D eigenvalue weighted by molar-refractivity contribution is 6.30. The second-order valence-electron chi connectivity index (χ2n) is 6.31. The molecule has 1 aliphatic heterocycles. The maximum absolute atomic E-state index is 6.37. The number of halogens is 1. The van der Waals surface area contributed by atoms with Gasteiger partial charge in [0.15, 0.2) is 0 Å². The molecule has 3 rings (SSSR count). The minimum atomic E-state index is 0.436. The molecule has 1 saturated heterocycles. The summed E-state index contributed by atoms with van der Waals surface area (Å²) in [4.78, 5) is 2.43. The lowest BCUT2D eigenvalue weighted by atomic mass is 9.97. The van der Waals surface area contributed by atoms with E-state index in [1.54, 1.807) is 18.9 Å². The quantitative estimate of drug-likeness (QED) is 0.829. The second-order valence-corrected chi connectivity index (χ2v) is 6.66. The average Bonchev–Trinajstić information content (AvgIpc) is 3.15. The fourth-order valence-corrected chi connectivity index (χ4v) is 3.70. The maximum atomic E-state index is 6.37. The molecule has 0 N–H and O–H groups in total. The summed E-state index contributed by atoms with van der Waals surface area (Å²) in [6.45, 7) is 4.87. The van der Waals surface area contributed by atoms with Gasteiger partial charge in [-0.2, -0.15) is 5.10 Å². The molecular formula is C18H24ClN3O2. The van der Waals surface area contributed by atoms with Crippen molar-refractivity contribution in [2.24, 2.45) is 7.05 Å². The molecule has 1 aliphatic rings. The van der Waals surface area contributed by atoms with Gasteiger partial charge in [0.05, 0.1) is 19.9 Å². The monoisotopic (exact) mass is 349 g/mol. The molecule has 5 nitrogen and oxygen atoms in total. The van der Waals surface area contributed by atoms with Gasteiger partial charge in [0, 0.05) is 37.2 Å². The number of nitrogens with zero attached hydrogens (tertiary/aromatic N) is 3. The fourth-order valence-electron chi connectivity index (χ4n) is 3.47. The number of aromatic nitrogens is 2. The summed E-state index contributed by atoms with van der Waals surface area (Å²) in [5, 5.41) is 5.13. The highest BCUT2D eigenvalue weighted by Crippen LogP contribution is 2.36. The van der Waals surface area contributed by atoms with Gasteiger partial charge < -0.3 is 9.47 Å². The van der Waals surface area contributed by atoms with Crippen molar-refractivity contribution in [1.82, 2.24) is 14.7 Å². The zero-order valence-corrected chi connectivity index (χ0v) is 15.4. The van der Waals surface area contributed by atoms with E-state index in [9.17, 15) is 0 Å². The summed E-state index contributed by atoms with van der Waals surface area (Å²) in [5.74, 6) is 2.24. The Morgan fingerprint density at radius 1 is 1.29 bits per heavy atom. The minimum Gasteiger partial charge on any atom is -0.497 e. The molecular weight excluding hydrogens is 326 g/mol. The molecule has 1 aromatic heterocycles. The molecule has 130 valence electrons. The molecule has 0 bridgehead atoms. The average molecular weight is 350 g/mol. The summed E-state index contributed by atoms with van der Waals surface area (Å²) < 4.78 is 12.7. The Hall–Kier alpha value is -1.72. The topological polar surface area (TPSA) is 39.5 Å². The predicted octanol–water partition coefficient (Wildman–Crippen LogP) is 3.39. The van der Waals surface area contributed by atoms with Gasteiger partial charge in [-0.25, -0.2) is 0 Å². The third kappa shape index (κ3) is 3.23. The van der Waals surface area contributed by atoms with Crippen LogP contribution in [-0.4, -0.2) is 42.0 Å². The second kappa shape index (κ2) is 7.03. The van der Waals surface area contributed by atoms with Crippen LogP contribution >= 0.6 is 11.6 Å². The Balaban J connectivity index is 1.76. The molecule has 1 unspecified atom stereocenters. The molecule has 0 aliphatic carbocycles. The number of rotatable bonds is 5. The lowest BCUT2D eigenvalue weighted by Gasteiger charge is -2.18. The van der Waals surface area contributed by atoms with E-state index in [1.807, 2.05) is 26.1 Å². The van der Waals surface area contributed by atoms with Crippen molar-refractivity contribution < 1.29 is 9.47 Å². The summed E-state index contributed by atoms with van der Waals surface area (Å²) >= 11 is 6.37. The Morgan fingerprint density at radius 3 is 2.71 bits per heavy atom. The highest BCUT2D eigenvalue weighted by Gasteiger charge is 2.28. The van der Waals surface area contributed by atoms with Crippen LogP contribution in [0.4, 0.5) is 0 Å². The first-order valence-corrected chi connectivity index (χ1v) is 8.53. The molecule has 6 heteroatoms. The normalized spacial score (nSPS) is 18.1. The number of ether oxygens (including phenoxy) is 2. The van der Waals surface area contributed by atoms with Crippen molar-refractivity contribution in [3.05, 3.63) is 40.2 Å². The van der Waals surface area contributed by atoms with E-state index in [1.165, 1.54) is 5.56 Å². The van der Waals surface area contributed by atoms with Crippen LogP contribution in [0.3, 0.4) is 0 Å².